The van der Waals surface area contributed by atoms with Gasteiger partial charge in [-0.25, -0.2) is 9.78 Å². The number of rotatable bonds is 5. The summed E-state index contributed by atoms with van der Waals surface area (Å²) < 4.78 is 0. The lowest BCUT2D eigenvalue weighted by molar-refractivity contribution is 0.0698. The van der Waals surface area contributed by atoms with E-state index in [0.29, 0.717) is 17.1 Å². The van der Waals surface area contributed by atoms with Crippen molar-refractivity contribution < 1.29 is 19.8 Å². The Balaban J connectivity index is 1.71. The summed E-state index contributed by atoms with van der Waals surface area (Å²) in [7, 11) is 0. The van der Waals surface area contributed by atoms with E-state index in [1.165, 1.54) is 18.2 Å². The van der Waals surface area contributed by atoms with Crippen molar-refractivity contribution in [3.8, 4) is 28.1 Å². The number of phenols is 1. The third-order valence-electron chi connectivity index (χ3n) is 4.91. The molecule has 1 amide bonds. The summed E-state index contributed by atoms with van der Waals surface area (Å²) in [6.07, 6.45) is 0. The summed E-state index contributed by atoms with van der Waals surface area (Å²) in [6, 6.07) is 23.7. The van der Waals surface area contributed by atoms with Gasteiger partial charge in [-0.3, -0.25) is 4.79 Å². The molecule has 0 aliphatic carbocycles. The highest BCUT2D eigenvalue weighted by molar-refractivity contribution is 6.10. The van der Waals surface area contributed by atoms with Gasteiger partial charge in [0.1, 0.15) is 11.6 Å². The zero-order valence-corrected chi connectivity index (χ0v) is 16.8. The predicted molar refractivity (Wildman–Crippen MR) is 123 cm³/mol. The molecule has 4 aromatic rings. The first-order chi connectivity index (χ1) is 15.4. The zero-order chi connectivity index (χ0) is 22.7. The van der Waals surface area contributed by atoms with Gasteiger partial charge in [0, 0.05) is 5.56 Å². The summed E-state index contributed by atoms with van der Waals surface area (Å²) in [4.78, 5) is 28.9. The van der Waals surface area contributed by atoms with Crippen molar-refractivity contribution in [3.05, 3.63) is 96.1 Å². The number of nitrogens with two attached hydrogens (primary N) is 1. The van der Waals surface area contributed by atoms with E-state index < -0.39 is 11.9 Å². The van der Waals surface area contributed by atoms with Crippen molar-refractivity contribution in [2.45, 2.75) is 0 Å². The number of amides is 1. The number of aromatic nitrogens is 1. The summed E-state index contributed by atoms with van der Waals surface area (Å²) in [6.45, 7) is 0. The molecule has 1 heterocycles. The van der Waals surface area contributed by atoms with Gasteiger partial charge < -0.3 is 21.3 Å². The number of aromatic hydroxyl groups is 1. The molecule has 0 atom stereocenters. The Morgan fingerprint density at radius 2 is 1.53 bits per heavy atom. The Bertz CT molecular complexity index is 1320. The molecule has 0 fully saturated rings. The highest BCUT2D eigenvalue weighted by Crippen LogP contribution is 2.29. The average molecular weight is 425 g/mol. The maximum absolute atomic E-state index is 13.0. The van der Waals surface area contributed by atoms with E-state index in [2.05, 4.69) is 10.3 Å². The fourth-order valence-corrected chi connectivity index (χ4v) is 3.32. The fraction of sp³-hybridized carbons (Fsp3) is 0. The van der Waals surface area contributed by atoms with Gasteiger partial charge in [-0.2, -0.15) is 0 Å². The molecule has 0 saturated carbocycles. The second-order valence-corrected chi connectivity index (χ2v) is 7.07. The van der Waals surface area contributed by atoms with Gasteiger partial charge in [0.05, 0.1) is 22.5 Å². The predicted octanol–water partition coefficient (Wildman–Crippen LogP) is 4.65. The van der Waals surface area contributed by atoms with Gasteiger partial charge in [0.15, 0.2) is 0 Å². The van der Waals surface area contributed by atoms with Gasteiger partial charge in [-0.1, -0.05) is 42.5 Å². The van der Waals surface area contributed by atoms with Crippen LogP contribution in [0.15, 0.2) is 84.9 Å². The van der Waals surface area contributed by atoms with E-state index in [4.69, 9.17) is 5.73 Å². The van der Waals surface area contributed by atoms with Gasteiger partial charge in [-0.05, 0) is 53.6 Å². The molecule has 3 aromatic carbocycles. The van der Waals surface area contributed by atoms with Crippen LogP contribution in [-0.4, -0.2) is 27.1 Å². The van der Waals surface area contributed by atoms with Crippen molar-refractivity contribution >= 4 is 23.4 Å². The molecule has 0 unspecified atom stereocenters. The van der Waals surface area contributed by atoms with E-state index >= 15 is 0 Å². The van der Waals surface area contributed by atoms with Gasteiger partial charge in [-0.15, -0.1) is 0 Å². The molecular weight excluding hydrogens is 406 g/mol. The molecule has 1 aromatic heterocycles. The van der Waals surface area contributed by atoms with Crippen LogP contribution in [0.5, 0.6) is 5.75 Å². The van der Waals surface area contributed by atoms with Crippen molar-refractivity contribution in [1.29, 1.82) is 0 Å². The van der Waals surface area contributed by atoms with Crippen LogP contribution in [-0.2, 0) is 0 Å². The minimum absolute atomic E-state index is 0.0202. The Hall–Kier alpha value is -4.65. The number of hydrogen-bond acceptors (Lipinski definition) is 5. The number of hydrogen-bond donors (Lipinski definition) is 4. The van der Waals surface area contributed by atoms with E-state index in [0.717, 1.165) is 11.1 Å². The number of carboxylic acids is 1. The minimum atomic E-state index is -1.18. The standard InChI is InChI=1S/C25H19N3O4/c26-23-8-4-7-20(27-23)17-10-12-22(29)19(13-17)24(30)28-21-14-16(9-11-18(21)25(31)32)15-5-2-1-3-6-15/h1-14,29H,(H2,26,27)(H,28,30)(H,31,32). The van der Waals surface area contributed by atoms with Crippen LogP contribution in [0.4, 0.5) is 11.5 Å². The number of anilines is 2. The van der Waals surface area contributed by atoms with Crippen molar-refractivity contribution in [2.75, 3.05) is 11.1 Å². The van der Waals surface area contributed by atoms with Crippen molar-refractivity contribution in [1.82, 2.24) is 4.98 Å². The lowest BCUT2D eigenvalue weighted by Crippen LogP contribution is -2.15. The molecule has 5 N–H and O–H groups in total. The van der Waals surface area contributed by atoms with Crippen LogP contribution < -0.4 is 11.1 Å². The van der Waals surface area contributed by atoms with Crippen LogP contribution in [0.25, 0.3) is 22.4 Å². The second-order valence-electron chi connectivity index (χ2n) is 7.07. The summed E-state index contributed by atoms with van der Waals surface area (Å²) >= 11 is 0. The minimum Gasteiger partial charge on any atom is -0.507 e. The average Bonchev–Trinajstić information content (AvgIpc) is 2.79. The van der Waals surface area contributed by atoms with E-state index in [1.807, 2.05) is 30.3 Å². The number of carboxylic acid groups (broad SMARTS) is 1. The van der Waals surface area contributed by atoms with Gasteiger partial charge >= 0.3 is 5.97 Å². The smallest absolute Gasteiger partial charge is 0.337 e. The molecule has 0 saturated heterocycles. The van der Waals surface area contributed by atoms with Crippen LogP contribution in [0.1, 0.15) is 20.7 Å². The first-order valence-corrected chi connectivity index (χ1v) is 9.72. The normalized spacial score (nSPS) is 10.5. The largest absolute Gasteiger partial charge is 0.507 e. The first-order valence-electron chi connectivity index (χ1n) is 9.72. The molecule has 158 valence electrons. The number of carbonyl (C=O) groups excluding carboxylic acids is 1. The third kappa shape index (κ3) is 4.27. The highest BCUT2D eigenvalue weighted by Gasteiger charge is 2.18. The molecule has 7 nitrogen and oxygen atoms in total. The number of nitrogens with zero attached hydrogens (tertiary/aromatic N) is 1. The number of benzene rings is 3. The molecule has 0 aliphatic heterocycles. The quantitative estimate of drug-likeness (QED) is 0.369. The number of pyridine rings is 1. The van der Waals surface area contributed by atoms with E-state index in [-0.39, 0.29) is 22.6 Å². The maximum atomic E-state index is 13.0. The molecule has 0 spiro atoms. The molecule has 32 heavy (non-hydrogen) atoms. The van der Waals surface area contributed by atoms with Gasteiger partial charge in [0.25, 0.3) is 5.91 Å². The third-order valence-corrected chi connectivity index (χ3v) is 4.91. The molecule has 0 radical (unpaired) electrons. The lowest BCUT2D eigenvalue weighted by atomic mass is 10.0. The van der Waals surface area contributed by atoms with Crippen molar-refractivity contribution in [2.24, 2.45) is 0 Å². The molecule has 0 aliphatic rings. The molecule has 7 heteroatoms. The Morgan fingerprint density at radius 1 is 0.781 bits per heavy atom. The highest BCUT2D eigenvalue weighted by atomic mass is 16.4. The monoisotopic (exact) mass is 425 g/mol. The van der Waals surface area contributed by atoms with Crippen LogP contribution in [0, 0.1) is 0 Å². The first kappa shape index (κ1) is 20.6. The van der Waals surface area contributed by atoms with Crippen LogP contribution >= 0.6 is 0 Å². The Labute approximate surface area is 183 Å². The Kier molecular flexibility index (Phi) is 5.55. The lowest BCUT2D eigenvalue weighted by Gasteiger charge is -2.13. The molecule has 4 rings (SSSR count). The zero-order valence-electron chi connectivity index (χ0n) is 16.8. The summed E-state index contributed by atoms with van der Waals surface area (Å²) in [5.74, 6) is -1.75. The summed E-state index contributed by atoms with van der Waals surface area (Å²) in [5, 5.41) is 22.5. The second kappa shape index (κ2) is 8.61. The number of aromatic carboxylic acids is 1. The van der Waals surface area contributed by atoms with Crippen LogP contribution in [0.2, 0.25) is 0 Å². The number of nitrogen functional groups attached to an aromatic ring is 1. The Morgan fingerprint density at radius 3 is 2.25 bits per heavy atom. The maximum Gasteiger partial charge on any atom is 0.337 e. The molecular formula is C25H19N3O4. The van der Waals surface area contributed by atoms with Gasteiger partial charge in [0.2, 0.25) is 0 Å². The van der Waals surface area contributed by atoms with Crippen molar-refractivity contribution in [3.63, 3.8) is 0 Å². The van der Waals surface area contributed by atoms with E-state index in [9.17, 15) is 19.8 Å². The summed E-state index contributed by atoms with van der Waals surface area (Å²) in [5.41, 5.74) is 8.51. The topological polar surface area (TPSA) is 126 Å². The van der Waals surface area contributed by atoms with Crippen LogP contribution in [0.3, 0.4) is 0 Å². The number of carbonyl (C=O) groups is 2. The molecule has 0 bridgehead atoms. The fourth-order valence-electron chi connectivity index (χ4n) is 3.32. The van der Waals surface area contributed by atoms with E-state index in [1.54, 1.807) is 36.4 Å². The number of nitrogens with one attached hydrogen (secondary N) is 1. The number of phenolic OH excluding ortho intramolecular Hbond substituents is 1. The SMILES string of the molecule is Nc1cccc(-c2ccc(O)c(C(=O)Nc3cc(-c4ccccc4)ccc3C(=O)O)c2)n1.